The van der Waals surface area contributed by atoms with Crippen LogP contribution < -0.4 is 27.4 Å². The Labute approximate surface area is 264 Å². The molecular weight excluding hydrogens is 624 g/mol. The normalized spacial score (nSPS) is 13.0. The predicted octanol–water partition coefficient (Wildman–Crippen LogP) is 2.64. The Morgan fingerprint density at radius 3 is 2.18 bits per heavy atom. The number of hydrogen-bond donors (Lipinski definition) is 6. The number of aromatic amines is 1. The Morgan fingerprint density at radius 1 is 0.773 bits per heavy atom. The summed E-state index contributed by atoms with van der Waals surface area (Å²) in [6.07, 6.45) is 2.69. The molecule has 0 unspecified atom stereocenters. The molecule has 10 nitrogen and oxygen atoms in total. The molecular formula is C33H37BrN6O4. The Hall–Kier alpha value is -4.48. The highest BCUT2D eigenvalue weighted by Gasteiger charge is 2.29. The number of H-pyrrole nitrogens is 1. The summed E-state index contributed by atoms with van der Waals surface area (Å²) in [5.41, 5.74) is 15.2. The number of halogens is 1. The number of carbonyl (C=O) groups excluding carboxylic acids is 4. The van der Waals surface area contributed by atoms with E-state index in [4.69, 9.17) is 11.5 Å². The number of nitrogens with two attached hydrogens (primary N) is 2. The molecule has 4 rings (SSSR count). The second-order valence-corrected chi connectivity index (χ2v) is 11.6. The number of carbonyl (C=O) groups is 4. The lowest BCUT2D eigenvalue weighted by atomic mass is 10.0. The largest absolute Gasteiger partial charge is 0.370 e. The Balaban J connectivity index is 1.48. The van der Waals surface area contributed by atoms with Crippen molar-refractivity contribution in [3.8, 4) is 0 Å². The lowest BCUT2D eigenvalue weighted by Crippen LogP contribution is -2.56. The first kappa shape index (κ1) is 32.4. The van der Waals surface area contributed by atoms with E-state index >= 15 is 0 Å². The van der Waals surface area contributed by atoms with Crippen molar-refractivity contribution in [2.75, 3.05) is 6.54 Å². The van der Waals surface area contributed by atoms with Crippen molar-refractivity contribution in [1.82, 2.24) is 20.9 Å². The smallest absolute Gasteiger partial charge is 0.243 e. The zero-order valence-electron chi connectivity index (χ0n) is 24.2. The predicted molar refractivity (Wildman–Crippen MR) is 173 cm³/mol. The molecule has 3 aromatic carbocycles. The number of rotatable bonds is 15. The maximum atomic E-state index is 13.6. The molecule has 0 saturated carbocycles. The van der Waals surface area contributed by atoms with Crippen molar-refractivity contribution in [1.29, 1.82) is 0 Å². The third-order valence-corrected chi connectivity index (χ3v) is 7.83. The summed E-state index contributed by atoms with van der Waals surface area (Å²) >= 11 is 3.42. The van der Waals surface area contributed by atoms with Crippen LogP contribution in [-0.2, 0) is 38.4 Å². The minimum absolute atomic E-state index is 0.0457. The first-order valence-electron chi connectivity index (χ1n) is 14.5. The van der Waals surface area contributed by atoms with E-state index in [0.717, 1.165) is 32.1 Å². The Morgan fingerprint density at radius 2 is 1.45 bits per heavy atom. The van der Waals surface area contributed by atoms with Gasteiger partial charge in [0.2, 0.25) is 23.6 Å². The van der Waals surface area contributed by atoms with Crippen LogP contribution >= 0.6 is 15.9 Å². The zero-order chi connectivity index (χ0) is 31.5. The molecule has 0 spiro atoms. The van der Waals surface area contributed by atoms with Gasteiger partial charge in [-0.2, -0.15) is 0 Å². The van der Waals surface area contributed by atoms with Crippen molar-refractivity contribution in [2.45, 2.75) is 50.2 Å². The molecule has 1 aromatic heterocycles. The zero-order valence-corrected chi connectivity index (χ0v) is 25.8. The summed E-state index contributed by atoms with van der Waals surface area (Å²) in [5, 5.41) is 9.34. The van der Waals surface area contributed by atoms with Gasteiger partial charge in [-0.3, -0.25) is 19.2 Å². The van der Waals surface area contributed by atoms with E-state index in [1.54, 1.807) is 0 Å². The summed E-state index contributed by atoms with van der Waals surface area (Å²) < 4.78 is 0.964. The number of benzene rings is 3. The molecule has 0 aliphatic rings. The van der Waals surface area contributed by atoms with Crippen LogP contribution in [0, 0.1) is 0 Å². The molecule has 11 heteroatoms. The van der Waals surface area contributed by atoms with Crippen LogP contribution in [0.25, 0.3) is 10.9 Å². The summed E-state index contributed by atoms with van der Waals surface area (Å²) in [6.45, 7) is 0.358. The summed E-state index contributed by atoms with van der Waals surface area (Å²) in [7, 11) is 0. The topological polar surface area (TPSA) is 172 Å². The van der Waals surface area contributed by atoms with Gasteiger partial charge in [-0.1, -0.05) is 76.6 Å². The number of nitrogens with one attached hydrogen (secondary N) is 4. The lowest BCUT2D eigenvalue weighted by molar-refractivity contribution is -0.132. The van der Waals surface area contributed by atoms with E-state index in [2.05, 4.69) is 36.9 Å². The molecule has 0 fully saturated rings. The van der Waals surface area contributed by atoms with Gasteiger partial charge in [0.1, 0.15) is 12.1 Å². The van der Waals surface area contributed by atoms with Crippen LogP contribution in [0.1, 0.15) is 29.5 Å². The van der Waals surface area contributed by atoms with Crippen LogP contribution in [-0.4, -0.2) is 53.3 Å². The van der Waals surface area contributed by atoms with Gasteiger partial charge >= 0.3 is 0 Å². The van der Waals surface area contributed by atoms with E-state index in [-0.39, 0.29) is 31.6 Å². The SMILES string of the molecule is NC(=O)CC[C@H](NC(=O)[C@H](N)Cc1ccccc1)C(=O)N[C@H](Cc1c[nH]c2ccccc12)C(=O)NCCc1ccc(Br)cc1. The second kappa shape index (κ2) is 15.8. The molecule has 0 saturated heterocycles. The fourth-order valence-electron chi connectivity index (χ4n) is 4.90. The highest BCUT2D eigenvalue weighted by atomic mass is 79.9. The van der Waals surface area contributed by atoms with Gasteiger partial charge < -0.3 is 32.4 Å². The van der Waals surface area contributed by atoms with Crippen LogP contribution in [0.2, 0.25) is 0 Å². The third-order valence-electron chi connectivity index (χ3n) is 7.31. The average molecular weight is 662 g/mol. The van der Waals surface area contributed by atoms with Gasteiger partial charge in [0.25, 0.3) is 0 Å². The molecule has 0 radical (unpaired) electrons. The van der Waals surface area contributed by atoms with Crippen molar-refractivity contribution in [3.63, 3.8) is 0 Å². The number of para-hydroxylation sites is 1. The highest BCUT2D eigenvalue weighted by Crippen LogP contribution is 2.19. The quantitative estimate of drug-likeness (QED) is 0.115. The highest BCUT2D eigenvalue weighted by molar-refractivity contribution is 9.10. The number of primary amides is 1. The number of aromatic nitrogens is 1. The van der Waals surface area contributed by atoms with Crippen molar-refractivity contribution >= 4 is 50.5 Å². The molecule has 1 heterocycles. The third kappa shape index (κ3) is 9.51. The van der Waals surface area contributed by atoms with Gasteiger partial charge in [0.15, 0.2) is 0 Å². The fraction of sp³-hybridized carbons (Fsp3) is 0.273. The van der Waals surface area contributed by atoms with E-state index in [1.807, 2.05) is 85.1 Å². The van der Waals surface area contributed by atoms with E-state index in [0.29, 0.717) is 13.0 Å². The van der Waals surface area contributed by atoms with Gasteiger partial charge in [-0.15, -0.1) is 0 Å². The minimum Gasteiger partial charge on any atom is -0.370 e. The van der Waals surface area contributed by atoms with Gasteiger partial charge in [-0.25, -0.2) is 0 Å². The van der Waals surface area contributed by atoms with Crippen LogP contribution in [0.3, 0.4) is 0 Å². The molecule has 0 aliphatic heterocycles. The van der Waals surface area contributed by atoms with Crippen molar-refractivity contribution in [2.24, 2.45) is 11.5 Å². The molecule has 4 aromatic rings. The molecule has 8 N–H and O–H groups in total. The van der Waals surface area contributed by atoms with Gasteiger partial charge in [-0.05, 0) is 54.2 Å². The van der Waals surface area contributed by atoms with E-state index in [1.165, 1.54) is 0 Å². The molecule has 3 atom stereocenters. The summed E-state index contributed by atoms with van der Waals surface area (Å²) in [4.78, 5) is 54.9. The van der Waals surface area contributed by atoms with Crippen LogP contribution in [0.5, 0.6) is 0 Å². The monoisotopic (exact) mass is 660 g/mol. The van der Waals surface area contributed by atoms with Crippen molar-refractivity contribution in [3.05, 3.63) is 106 Å². The maximum Gasteiger partial charge on any atom is 0.243 e. The minimum atomic E-state index is -1.13. The summed E-state index contributed by atoms with van der Waals surface area (Å²) in [5.74, 6) is -2.15. The standard InChI is InChI=1S/C33H37BrN6O4/c34-24-12-10-21(11-13-24)16-17-37-32(43)29(19-23-20-38-27-9-5-4-8-25(23)27)40-33(44)28(14-15-30(36)41)39-31(42)26(35)18-22-6-2-1-3-7-22/h1-13,20,26,28-29,38H,14-19,35H2,(H2,36,41)(H,37,43)(H,39,42)(H,40,44)/t26-,28+,29-/m1/s1. The second-order valence-electron chi connectivity index (χ2n) is 10.7. The molecule has 230 valence electrons. The van der Waals surface area contributed by atoms with Gasteiger partial charge in [0.05, 0.1) is 6.04 Å². The number of amides is 4. The van der Waals surface area contributed by atoms with E-state index in [9.17, 15) is 19.2 Å². The first-order valence-corrected chi connectivity index (χ1v) is 15.2. The lowest BCUT2D eigenvalue weighted by Gasteiger charge is -2.24. The first-order chi connectivity index (χ1) is 21.2. The Bertz CT molecular complexity index is 1570. The van der Waals surface area contributed by atoms with Gasteiger partial charge in [0, 0.05) is 41.0 Å². The molecule has 0 bridgehead atoms. The number of hydrogen-bond acceptors (Lipinski definition) is 5. The fourth-order valence-corrected chi connectivity index (χ4v) is 5.17. The number of fused-ring (bicyclic) bond motifs is 1. The summed E-state index contributed by atoms with van der Waals surface area (Å²) in [6, 6.07) is 21.7. The van der Waals surface area contributed by atoms with Crippen LogP contribution in [0.15, 0.2) is 89.5 Å². The van der Waals surface area contributed by atoms with Crippen molar-refractivity contribution < 1.29 is 19.2 Å². The van der Waals surface area contributed by atoms with Crippen LogP contribution in [0.4, 0.5) is 0 Å². The Kier molecular flexibility index (Phi) is 11.7. The molecule has 0 aliphatic carbocycles. The molecule has 4 amide bonds. The van der Waals surface area contributed by atoms with E-state index < -0.39 is 35.8 Å². The average Bonchev–Trinajstić information content (AvgIpc) is 3.42. The molecule has 44 heavy (non-hydrogen) atoms. The maximum absolute atomic E-state index is 13.6.